The first-order valence-corrected chi connectivity index (χ1v) is 8.46. The van der Waals surface area contributed by atoms with E-state index < -0.39 is 0 Å². The van der Waals surface area contributed by atoms with Crippen LogP contribution in [0.25, 0.3) is 0 Å². The van der Waals surface area contributed by atoms with Crippen molar-refractivity contribution in [2.45, 2.75) is 0 Å². The molecule has 0 aliphatic heterocycles. The van der Waals surface area contributed by atoms with Crippen LogP contribution in [-0.4, -0.2) is 48.1 Å². The Kier molecular flexibility index (Phi) is 7.25. The monoisotopic (exact) mass is 380 g/mol. The fraction of sp³-hybridized carbons (Fsp3) is 0.222. The number of carbonyl (C=O) groups excluding carboxylic acids is 2. The summed E-state index contributed by atoms with van der Waals surface area (Å²) in [4.78, 5) is 26.0. The van der Waals surface area contributed by atoms with E-state index in [9.17, 15) is 14.7 Å². The number of nitrogens with one attached hydrogen (secondary N) is 1. The fourth-order valence-corrected chi connectivity index (χ4v) is 2.66. The molecule has 0 heterocycles. The van der Waals surface area contributed by atoms with Gasteiger partial charge in [-0.15, -0.1) is 0 Å². The Morgan fingerprint density at radius 2 is 1.56 bits per heavy atom. The lowest BCUT2D eigenvalue weighted by molar-refractivity contribution is 0.0716. The molecule has 25 heavy (non-hydrogen) atoms. The molecule has 2 aromatic rings. The van der Waals surface area contributed by atoms with Crippen molar-refractivity contribution in [2.24, 2.45) is 0 Å². The van der Waals surface area contributed by atoms with E-state index >= 15 is 0 Å². The molecule has 0 aliphatic carbocycles. The molecule has 0 saturated carbocycles. The van der Waals surface area contributed by atoms with Gasteiger partial charge >= 0.3 is 0 Å². The van der Waals surface area contributed by atoms with Gasteiger partial charge in [-0.3, -0.25) is 9.59 Å². The van der Waals surface area contributed by atoms with Crippen molar-refractivity contribution in [2.75, 3.05) is 26.2 Å². The molecular weight excluding hydrogens is 363 g/mol. The molecular formula is C18H18Cl2N2O3. The van der Waals surface area contributed by atoms with Crippen molar-refractivity contribution in [3.05, 3.63) is 69.7 Å². The van der Waals surface area contributed by atoms with E-state index in [4.69, 9.17) is 23.2 Å². The Hall–Kier alpha value is -2.08. The molecule has 5 nitrogen and oxygen atoms in total. The van der Waals surface area contributed by atoms with Crippen LogP contribution in [0.15, 0.2) is 48.5 Å². The quantitative estimate of drug-likeness (QED) is 0.775. The molecule has 7 heteroatoms. The molecule has 0 aromatic heterocycles. The zero-order valence-corrected chi connectivity index (χ0v) is 14.9. The maximum absolute atomic E-state index is 12.5. The van der Waals surface area contributed by atoms with Gasteiger partial charge in [-0.1, -0.05) is 35.3 Å². The zero-order chi connectivity index (χ0) is 18.2. The molecule has 0 radical (unpaired) electrons. The van der Waals surface area contributed by atoms with E-state index in [2.05, 4.69) is 5.32 Å². The SMILES string of the molecule is O=C(NCCN(CCO)C(=O)c1cccc(Cl)c1)c1cccc(Cl)c1. The second-order valence-electron chi connectivity index (χ2n) is 5.29. The largest absolute Gasteiger partial charge is 0.395 e. The van der Waals surface area contributed by atoms with Crippen molar-refractivity contribution >= 4 is 35.0 Å². The third kappa shape index (κ3) is 5.74. The third-order valence-corrected chi connectivity index (χ3v) is 3.95. The summed E-state index contributed by atoms with van der Waals surface area (Å²) < 4.78 is 0. The number of rotatable bonds is 7. The van der Waals surface area contributed by atoms with Crippen LogP contribution < -0.4 is 5.32 Å². The first-order valence-electron chi connectivity index (χ1n) is 7.70. The lowest BCUT2D eigenvalue weighted by Crippen LogP contribution is -2.40. The van der Waals surface area contributed by atoms with E-state index in [1.807, 2.05) is 0 Å². The van der Waals surface area contributed by atoms with E-state index in [1.54, 1.807) is 48.5 Å². The molecule has 0 unspecified atom stereocenters. The number of carbonyl (C=O) groups is 2. The van der Waals surface area contributed by atoms with Crippen LogP contribution in [0.4, 0.5) is 0 Å². The average molecular weight is 381 g/mol. The Balaban J connectivity index is 1.95. The topological polar surface area (TPSA) is 69.6 Å². The highest BCUT2D eigenvalue weighted by molar-refractivity contribution is 6.31. The predicted octanol–water partition coefficient (Wildman–Crippen LogP) is 2.86. The van der Waals surface area contributed by atoms with Crippen molar-refractivity contribution < 1.29 is 14.7 Å². The van der Waals surface area contributed by atoms with Gasteiger partial charge in [0.05, 0.1) is 6.61 Å². The lowest BCUT2D eigenvalue weighted by Gasteiger charge is -2.22. The highest BCUT2D eigenvalue weighted by atomic mass is 35.5. The van der Waals surface area contributed by atoms with Crippen molar-refractivity contribution in [3.8, 4) is 0 Å². The Bertz CT molecular complexity index is 753. The minimum atomic E-state index is -0.276. The molecule has 0 spiro atoms. The van der Waals surface area contributed by atoms with E-state index in [0.29, 0.717) is 21.2 Å². The van der Waals surface area contributed by atoms with Crippen molar-refractivity contribution in [1.82, 2.24) is 10.2 Å². The molecule has 0 bridgehead atoms. The number of hydrogen-bond acceptors (Lipinski definition) is 3. The maximum atomic E-state index is 12.5. The summed E-state index contributed by atoms with van der Waals surface area (Å²) in [7, 11) is 0. The van der Waals surface area contributed by atoms with Gasteiger partial charge in [-0.05, 0) is 36.4 Å². The van der Waals surface area contributed by atoms with Gasteiger partial charge in [0.15, 0.2) is 0 Å². The second kappa shape index (κ2) is 9.42. The molecule has 2 rings (SSSR count). The highest BCUT2D eigenvalue weighted by Gasteiger charge is 2.16. The summed E-state index contributed by atoms with van der Waals surface area (Å²) in [6.07, 6.45) is 0. The van der Waals surface area contributed by atoms with Crippen molar-refractivity contribution in [3.63, 3.8) is 0 Å². The van der Waals surface area contributed by atoms with Crippen LogP contribution in [-0.2, 0) is 0 Å². The van der Waals surface area contributed by atoms with Gasteiger partial charge in [-0.25, -0.2) is 0 Å². The number of amides is 2. The molecule has 2 N–H and O–H groups in total. The number of hydrogen-bond donors (Lipinski definition) is 2. The van der Waals surface area contributed by atoms with Crippen LogP contribution in [0.2, 0.25) is 10.0 Å². The minimum absolute atomic E-state index is 0.165. The highest BCUT2D eigenvalue weighted by Crippen LogP contribution is 2.13. The fourth-order valence-electron chi connectivity index (χ4n) is 2.28. The van der Waals surface area contributed by atoms with Crippen LogP contribution >= 0.6 is 23.2 Å². The number of aliphatic hydroxyl groups is 1. The molecule has 2 amide bonds. The summed E-state index contributed by atoms with van der Waals surface area (Å²) in [5.74, 6) is -0.532. The van der Waals surface area contributed by atoms with E-state index in [0.717, 1.165) is 0 Å². The first-order chi connectivity index (χ1) is 12.0. The van der Waals surface area contributed by atoms with E-state index in [1.165, 1.54) is 4.90 Å². The Labute approximate surface area is 156 Å². The van der Waals surface area contributed by atoms with E-state index in [-0.39, 0.29) is 38.1 Å². The number of halogens is 2. The second-order valence-corrected chi connectivity index (χ2v) is 6.17. The van der Waals surface area contributed by atoms with Crippen LogP contribution in [0, 0.1) is 0 Å². The third-order valence-electron chi connectivity index (χ3n) is 3.48. The number of nitrogens with zero attached hydrogens (tertiary/aromatic N) is 1. The predicted molar refractivity (Wildman–Crippen MR) is 98.2 cm³/mol. The molecule has 0 fully saturated rings. The molecule has 0 atom stereocenters. The molecule has 0 saturated heterocycles. The Morgan fingerprint density at radius 1 is 0.960 bits per heavy atom. The maximum Gasteiger partial charge on any atom is 0.254 e. The van der Waals surface area contributed by atoms with Crippen molar-refractivity contribution in [1.29, 1.82) is 0 Å². The standard InChI is InChI=1S/C18H18Cl2N2O3/c19-15-5-1-3-13(11-15)17(24)21-7-8-22(9-10-23)18(25)14-4-2-6-16(20)12-14/h1-6,11-12,23H,7-10H2,(H,21,24). The summed E-state index contributed by atoms with van der Waals surface area (Å²) in [6, 6.07) is 13.2. The minimum Gasteiger partial charge on any atom is -0.395 e. The summed E-state index contributed by atoms with van der Waals surface area (Å²) >= 11 is 11.8. The zero-order valence-electron chi connectivity index (χ0n) is 13.4. The van der Waals surface area contributed by atoms with Gasteiger partial charge in [0.1, 0.15) is 0 Å². The number of benzene rings is 2. The smallest absolute Gasteiger partial charge is 0.254 e. The number of aliphatic hydroxyl groups excluding tert-OH is 1. The Morgan fingerprint density at radius 3 is 2.16 bits per heavy atom. The van der Waals surface area contributed by atoms with Crippen LogP contribution in [0.5, 0.6) is 0 Å². The van der Waals surface area contributed by atoms with Crippen LogP contribution in [0.1, 0.15) is 20.7 Å². The molecule has 132 valence electrons. The average Bonchev–Trinajstić information content (AvgIpc) is 2.60. The van der Waals surface area contributed by atoms with Gasteiger partial charge in [0.2, 0.25) is 0 Å². The lowest BCUT2D eigenvalue weighted by atomic mass is 10.2. The van der Waals surface area contributed by atoms with Gasteiger partial charge in [-0.2, -0.15) is 0 Å². The first kappa shape index (κ1) is 19.2. The summed E-state index contributed by atoms with van der Waals surface area (Å²) in [5.41, 5.74) is 0.879. The molecule has 0 aliphatic rings. The normalized spacial score (nSPS) is 10.4. The van der Waals surface area contributed by atoms with Gasteiger partial charge in [0, 0.05) is 40.8 Å². The molecule has 2 aromatic carbocycles. The van der Waals surface area contributed by atoms with Gasteiger partial charge < -0.3 is 15.3 Å². The van der Waals surface area contributed by atoms with Crippen LogP contribution in [0.3, 0.4) is 0 Å². The summed E-state index contributed by atoms with van der Waals surface area (Å²) in [6.45, 7) is 0.503. The van der Waals surface area contributed by atoms with Gasteiger partial charge in [0.25, 0.3) is 11.8 Å². The summed E-state index contributed by atoms with van der Waals surface area (Å²) in [5, 5.41) is 12.9.